The van der Waals surface area contributed by atoms with Gasteiger partial charge in [-0.15, -0.1) is 0 Å². The minimum absolute atomic E-state index is 0.0340. The van der Waals surface area contributed by atoms with Crippen LogP contribution >= 0.6 is 0 Å². The number of imide groups is 1. The van der Waals surface area contributed by atoms with Gasteiger partial charge in [-0.2, -0.15) is 0 Å². The van der Waals surface area contributed by atoms with E-state index in [2.05, 4.69) is 12.2 Å². The van der Waals surface area contributed by atoms with Gasteiger partial charge >= 0.3 is 0 Å². The Morgan fingerprint density at radius 1 is 1.00 bits per heavy atom. The van der Waals surface area contributed by atoms with Crippen molar-refractivity contribution in [3.63, 3.8) is 0 Å². The van der Waals surface area contributed by atoms with Crippen molar-refractivity contribution >= 4 is 23.5 Å². The van der Waals surface area contributed by atoms with Gasteiger partial charge in [-0.05, 0) is 47.8 Å². The highest BCUT2D eigenvalue weighted by molar-refractivity contribution is 6.23. The van der Waals surface area contributed by atoms with E-state index in [4.69, 9.17) is 0 Å². The van der Waals surface area contributed by atoms with Crippen LogP contribution in [0.5, 0.6) is 0 Å². The molecular formula is C18H14NO4-. The van der Waals surface area contributed by atoms with Crippen LogP contribution in [0, 0.1) is 29.1 Å². The molecule has 5 nitrogen and oxygen atoms in total. The Bertz CT molecular complexity index is 756. The number of rotatable bonds is 2. The van der Waals surface area contributed by atoms with Gasteiger partial charge in [0.15, 0.2) is 0 Å². The van der Waals surface area contributed by atoms with E-state index in [-0.39, 0.29) is 46.5 Å². The lowest BCUT2D eigenvalue weighted by molar-refractivity contribution is -0.255. The third-order valence-corrected chi connectivity index (χ3v) is 6.21. The summed E-state index contributed by atoms with van der Waals surface area (Å²) in [6.07, 6.45) is 6.49. The van der Waals surface area contributed by atoms with E-state index in [9.17, 15) is 19.5 Å². The Balaban J connectivity index is 1.52. The van der Waals surface area contributed by atoms with Crippen molar-refractivity contribution in [1.82, 2.24) is 0 Å². The summed E-state index contributed by atoms with van der Waals surface area (Å²) >= 11 is 0. The quantitative estimate of drug-likeness (QED) is 0.597. The summed E-state index contributed by atoms with van der Waals surface area (Å²) in [4.78, 5) is 37.8. The summed E-state index contributed by atoms with van der Waals surface area (Å²) < 4.78 is 0. The van der Waals surface area contributed by atoms with E-state index in [1.807, 2.05) is 0 Å². The zero-order chi connectivity index (χ0) is 15.9. The van der Waals surface area contributed by atoms with Crippen LogP contribution in [0.4, 0.5) is 5.69 Å². The number of fused-ring (bicyclic) bond motifs is 3. The fourth-order valence-electron chi connectivity index (χ4n) is 5.08. The first-order valence-corrected chi connectivity index (χ1v) is 7.92. The number of nitrogens with zero attached hydrogens (tertiary/aromatic N) is 1. The lowest BCUT2D eigenvalue weighted by atomic mass is 9.85. The van der Waals surface area contributed by atoms with E-state index in [0.29, 0.717) is 5.69 Å². The van der Waals surface area contributed by atoms with Crippen molar-refractivity contribution in [2.45, 2.75) is 12.8 Å². The molecule has 1 aromatic carbocycles. The summed E-state index contributed by atoms with van der Waals surface area (Å²) in [6, 6.07) is 5.75. The van der Waals surface area contributed by atoms with Crippen molar-refractivity contribution in [3.8, 4) is 0 Å². The van der Waals surface area contributed by atoms with Crippen LogP contribution in [0.3, 0.4) is 0 Å². The molecule has 1 spiro atoms. The van der Waals surface area contributed by atoms with E-state index < -0.39 is 5.97 Å². The topological polar surface area (TPSA) is 77.5 Å². The predicted molar refractivity (Wildman–Crippen MR) is 78.0 cm³/mol. The molecule has 5 heteroatoms. The molecule has 116 valence electrons. The molecule has 1 aromatic rings. The molecule has 1 aliphatic heterocycles. The van der Waals surface area contributed by atoms with Gasteiger partial charge in [-0.25, -0.2) is 0 Å². The Kier molecular flexibility index (Phi) is 2.22. The van der Waals surface area contributed by atoms with E-state index in [1.54, 1.807) is 0 Å². The molecule has 0 aromatic heterocycles. The molecule has 1 saturated heterocycles. The molecule has 4 atom stereocenters. The number of carbonyl (C=O) groups is 3. The van der Waals surface area contributed by atoms with Gasteiger partial charge in [0.05, 0.1) is 23.5 Å². The summed E-state index contributed by atoms with van der Waals surface area (Å²) in [5.74, 6) is -1.62. The molecule has 0 radical (unpaired) electrons. The van der Waals surface area contributed by atoms with E-state index in [0.717, 1.165) is 12.8 Å². The molecular weight excluding hydrogens is 294 g/mol. The van der Waals surface area contributed by atoms with Crippen LogP contribution in [0.2, 0.25) is 0 Å². The second-order valence-electron chi connectivity index (χ2n) is 7.07. The van der Waals surface area contributed by atoms with Crippen molar-refractivity contribution in [2.24, 2.45) is 29.1 Å². The monoisotopic (exact) mass is 308 g/mol. The van der Waals surface area contributed by atoms with E-state index >= 15 is 0 Å². The predicted octanol–water partition coefficient (Wildman–Crippen LogP) is 0.752. The minimum atomic E-state index is -1.27. The Labute approximate surface area is 132 Å². The van der Waals surface area contributed by atoms with Crippen molar-refractivity contribution < 1.29 is 19.5 Å². The molecule has 3 fully saturated rings. The summed E-state index contributed by atoms with van der Waals surface area (Å²) in [6.45, 7) is 0. The number of benzene rings is 1. The van der Waals surface area contributed by atoms with Crippen LogP contribution in [0.1, 0.15) is 23.2 Å². The van der Waals surface area contributed by atoms with Gasteiger partial charge in [0.1, 0.15) is 0 Å². The molecule has 4 unspecified atom stereocenters. The molecule has 4 aliphatic rings. The number of allylic oxidation sites excluding steroid dienone is 2. The van der Waals surface area contributed by atoms with Crippen molar-refractivity contribution in [3.05, 3.63) is 42.0 Å². The van der Waals surface area contributed by atoms with Gasteiger partial charge in [-0.1, -0.05) is 24.3 Å². The number of aromatic carboxylic acids is 1. The second-order valence-corrected chi connectivity index (χ2v) is 7.07. The van der Waals surface area contributed by atoms with Gasteiger partial charge < -0.3 is 9.90 Å². The molecule has 2 amide bonds. The van der Waals surface area contributed by atoms with Crippen molar-refractivity contribution in [1.29, 1.82) is 0 Å². The third kappa shape index (κ3) is 1.41. The first-order valence-electron chi connectivity index (χ1n) is 7.92. The standard InChI is InChI=1S/C18H15NO4/c20-15-13-11-5-6-12(18(11)7-8-18)14(13)16(21)19(15)10-3-1-9(2-4-10)17(22)23/h1-6,11-14H,7-8H2,(H,22,23)/p-1. The summed E-state index contributed by atoms with van der Waals surface area (Å²) in [5.41, 5.74) is 0.668. The number of carboxylic acids is 1. The fourth-order valence-corrected chi connectivity index (χ4v) is 5.08. The first-order chi connectivity index (χ1) is 11.0. The average molecular weight is 308 g/mol. The van der Waals surface area contributed by atoms with Crippen LogP contribution in [-0.2, 0) is 9.59 Å². The third-order valence-electron chi connectivity index (χ3n) is 6.21. The number of hydrogen-bond acceptors (Lipinski definition) is 4. The summed E-state index contributed by atoms with van der Waals surface area (Å²) in [7, 11) is 0. The lowest BCUT2D eigenvalue weighted by Gasteiger charge is -2.22. The van der Waals surface area contributed by atoms with Crippen LogP contribution in [0.15, 0.2) is 36.4 Å². The lowest BCUT2D eigenvalue weighted by Crippen LogP contribution is -2.34. The maximum absolute atomic E-state index is 12.9. The molecule has 2 bridgehead atoms. The number of hydrogen-bond donors (Lipinski definition) is 0. The van der Waals surface area contributed by atoms with Gasteiger partial charge in [0.25, 0.3) is 0 Å². The second kappa shape index (κ2) is 3.91. The van der Waals surface area contributed by atoms with Gasteiger partial charge in [-0.3, -0.25) is 14.5 Å². The molecule has 2 saturated carbocycles. The fraction of sp³-hybridized carbons (Fsp3) is 0.389. The first kappa shape index (κ1) is 13.0. The van der Waals surface area contributed by atoms with E-state index in [1.165, 1.54) is 29.2 Å². The maximum Gasteiger partial charge on any atom is 0.238 e. The zero-order valence-electron chi connectivity index (χ0n) is 12.3. The van der Waals surface area contributed by atoms with Gasteiger partial charge in [0.2, 0.25) is 11.8 Å². The van der Waals surface area contributed by atoms with Gasteiger partial charge in [0, 0.05) is 0 Å². The van der Waals surface area contributed by atoms with Crippen molar-refractivity contribution in [2.75, 3.05) is 4.90 Å². The number of carbonyl (C=O) groups excluding carboxylic acids is 3. The minimum Gasteiger partial charge on any atom is -0.545 e. The Morgan fingerprint density at radius 2 is 1.52 bits per heavy atom. The highest BCUT2D eigenvalue weighted by Gasteiger charge is 2.73. The maximum atomic E-state index is 12.9. The number of amides is 2. The van der Waals surface area contributed by atoms with Crippen LogP contribution < -0.4 is 10.0 Å². The molecule has 3 aliphatic carbocycles. The number of anilines is 1. The normalized spacial score (nSPS) is 35.2. The molecule has 0 N–H and O–H groups in total. The Hall–Kier alpha value is -2.43. The van der Waals surface area contributed by atoms with Crippen LogP contribution in [-0.4, -0.2) is 17.8 Å². The summed E-state index contributed by atoms with van der Waals surface area (Å²) in [5, 5.41) is 10.8. The average Bonchev–Trinajstić information content (AvgIpc) is 3.13. The smallest absolute Gasteiger partial charge is 0.238 e. The zero-order valence-corrected chi connectivity index (χ0v) is 12.3. The Morgan fingerprint density at radius 3 is 1.96 bits per heavy atom. The highest BCUT2D eigenvalue weighted by Crippen LogP contribution is 2.73. The highest BCUT2D eigenvalue weighted by atomic mass is 16.4. The number of carboxylic acid groups (broad SMARTS) is 1. The van der Waals surface area contributed by atoms with Crippen LogP contribution in [0.25, 0.3) is 0 Å². The molecule has 5 rings (SSSR count). The largest absolute Gasteiger partial charge is 0.545 e. The molecule has 1 heterocycles. The SMILES string of the molecule is O=C([O-])c1ccc(N2C(=O)C3C(C2=O)C2C=CC3C23CC3)cc1. The molecule has 23 heavy (non-hydrogen) atoms.